The number of nitrogens with zero attached hydrogens (tertiary/aromatic N) is 3. The van der Waals surface area contributed by atoms with E-state index in [-0.39, 0.29) is 11.9 Å². The second-order valence-electron chi connectivity index (χ2n) is 4.12. The fraction of sp³-hybridized carbons (Fsp3) is 0.417. The average Bonchev–Trinajstić information content (AvgIpc) is 2.77. The first-order valence-corrected chi connectivity index (χ1v) is 5.58. The molecule has 17 heavy (non-hydrogen) atoms. The number of rotatable bonds is 2. The molecule has 5 heteroatoms. The van der Waals surface area contributed by atoms with Gasteiger partial charge in [0, 0.05) is 26.1 Å². The number of hydrogen-bond acceptors (Lipinski definition) is 4. The van der Waals surface area contributed by atoms with Gasteiger partial charge in [-0.15, -0.1) is 0 Å². The van der Waals surface area contributed by atoms with Crippen molar-refractivity contribution in [1.82, 2.24) is 10.3 Å². The van der Waals surface area contributed by atoms with Crippen LogP contribution in [0.4, 0.5) is 5.82 Å². The number of hydrogen-bond donors (Lipinski definition) is 1. The van der Waals surface area contributed by atoms with Crippen molar-refractivity contribution in [3.63, 3.8) is 0 Å². The van der Waals surface area contributed by atoms with Gasteiger partial charge in [-0.25, -0.2) is 4.98 Å². The quantitative estimate of drug-likeness (QED) is 0.810. The van der Waals surface area contributed by atoms with Gasteiger partial charge in [-0.05, 0) is 18.6 Å². The van der Waals surface area contributed by atoms with Crippen LogP contribution < -0.4 is 10.2 Å². The highest BCUT2D eigenvalue weighted by Gasteiger charge is 2.23. The molecule has 1 saturated heterocycles. The van der Waals surface area contributed by atoms with E-state index in [4.69, 9.17) is 5.26 Å². The van der Waals surface area contributed by atoms with Gasteiger partial charge in [0.25, 0.3) is 0 Å². The summed E-state index contributed by atoms with van der Waals surface area (Å²) in [6.07, 6.45) is 0.915. The van der Waals surface area contributed by atoms with Crippen molar-refractivity contribution in [2.75, 3.05) is 18.0 Å². The number of aromatic nitrogens is 1. The van der Waals surface area contributed by atoms with E-state index in [2.05, 4.69) is 15.2 Å². The van der Waals surface area contributed by atoms with E-state index < -0.39 is 0 Å². The molecule has 0 saturated carbocycles. The van der Waals surface area contributed by atoms with Crippen LogP contribution in [0.1, 0.15) is 19.0 Å². The third-order valence-corrected chi connectivity index (χ3v) is 2.77. The molecule has 1 aliphatic rings. The Morgan fingerprint density at radius 3 is 3.18 bits per heavy atom. The summed E-state index contributed by atoms with van der Waals surface area (Å²) in [7, 11) is 0. The largest absolute Gasteiger partial charge is 0.354 e. The highest BCUT2D eigenvalue weighted by molar-refractivity contribution is 5.73. The minimum absolute atomic E-state index is 0.00409. The molecule has 0 radical (unpaired) electrons. The second-order valence-corrected chi connectivity index (χ2v) is 4.12. The number of nitrogens with one attached hydrogen (secondary N) is 1. The molecule has 5 nitrogen and oxygen atoms in total. The van der Waals surface area contributed by atoms with Crippen molar-refractivity contribution in [3.05, 3.63) is 23.9 Å². The zero-order chi connectivity index (χ0) is 12.3. The van der Waals surface area contributed by atoms with Crippen LogP contribution in [0.2, 0.25) is 0 Å². The zero-order valence-electron chi connectivity index (χ0n) is 9.68. The Balaban J connectivity index is 2.05. The lowest BCUT2D eigenvalue weighted by molar-refractivity contribution is -0.119. The van der Waals surface area contributed by atoms with Gasteiger partial charge in [-0.1, -0.05) is 6.07 Å². The molecule has 1 aromatic heterocycles. The van der Waals surface area contributed by atoms with Crippen molar-refractivity contribution in [2.24, 2.45) is 0 Å². The molecule has 1 unspecified atom stereocenters. The number of anilines is 1. The Hall–Kier alpha value is -2.09. The zero-order valence-corrected chi connectivity index (χ0v) is 9.68. The molecule has 1 atom stereocenters. The Bertz CT molecular complexity index is 466. The summed E-state index contributed by atoms with van der Waals surface area (Å²) in [5.41, 5.74) is 0.422. The van der Waals surface area contributed by atoms with Crippen LogP contribution in [0, 0.1) is 11.3 Å². The molecule has 0 spiro atoms. The van der Waals surface area contributed by atoms with Gasteiger partial charge in [0.1, 0.15) is 17.6 Å². The maximum absolute atomic E-state index is 11.0. The van der Waals surface area contributed by atoms with Crippen LogP contribution in [-0.2, 0) is 4.79 Å². The molecule has 2 rings (SSSR count). The fourth-order valence-electron chi connectivity index (χ4n) is 2.04. The summed E-state index contributed by atoms with van der Waals surface area (Å²) in [6, 6.07) is 7.60. The monoisotopic (exact) mass is 230 g/mol. The number of pyridine rings is 1. The van der Waals surface area contributed by atoms with Crippen molar-refractivity contribution in [1.29, 1.82) is 5.26 Å². The van der Waals surface area contributed by atoms with E-state index in [1.54, 1.807) is 6.07 Å². The van der Waals surface area contributed by atoms with Crippen LogP contribution in [0.3, 0.4) is 0 Å². The molecular weight excluding hydrogens is 216 g/mol. The van der Waals surface area contributed by atoms with Crippen LogP contribution in [-0.4, -0.2) is 30.0 Å². The van der Waals surface area contributed by atoms with Crippen molar-refractivity contribution in [2.45, 2.75) is 19.4 Å². The lowest BCUT2D eigenvalue weighted by Crippen LogP contribution is -2.35. The molecule has 0 bridgehead atoms. The van der Waals surface area contributed by atoms with Crippen LogP contribution in [0.5, 0.6) is 0 Å². The number of amides is 1. The molecule has 1 aliphatic heterocycles. The molecule has 1 fully saturated rings. The van der Waals surface area contributed by atoms with E-state index in [1.165, 1.54) is 6.92 Å². The SMILES string of the molecule is CC(=O)NC1CCN(c2cccc(C#N)n2)C1. The highest BCUT2D eigenvalue weighted by atomic mass is 16.1. The maximum Gasteiger partial charge on any atom is 0.217 e. The Kier molecular flexibility index (Phi) is 3.24. The summed E-state index contributed by atoms with van der Waals surface area (Å²) in [6.45, 7) is 3.13. The van der Waals surface area contributed by atoms with Crippen molar-refractivity contribution in [3.8, 4) is 6.07 Å². The minimum atomic E-state index is -0.00409. The van der Waals surface area contributed by atoms with Crippen LogP contribution >= 0.6 is 0 Å². The first kappa shape index (κ1) is 11.4. The standard InChI is InChI=1S/C12H14N4O/c1-9(17)14-11-5-6-16(8-11)12-4-2-3-10(7-13)15-12/h2-4,11H,5-6,8H2,1H3,(H,14,17). The minimum Gasteiger partial charge on any atom is -0.354 e. The fourth-order valence-corrected chi connectivity index (χ4v) is 2.04. The average molecular weight is 230 g/mol. The van der Waals surface area contributed by atoms with Crippen LogP contribution in [0.15, 0.2) is 18.2 Å². The normalized spacial score (nSPS) is 18.8. The molecule has 1 N–H and O–H groups in total. The van der Waals surface area contributed by atoms with Gasteiger partial charge in [0.2, 0.25) is 5.91 Å². The second kappa shape index (κ2) is 4.83. The lowest BCUT2D eigenvalue weighted by atomic mass is 10.2. The molecule has 0 aromatic carbocycles. The molecule has 0 aliphatic carbocycles. The summed E-state index contributed by atoms with van der Waals surface area (Å²) in [4.78, 5) is 17.3. The Morgan fingerprint density at radius 1 is 1.65 bits per heavy atom. The third kappa shape index (κ3) is 2.72. The molecule has 1 aromatic rings. The van der Waals surface area contributed by atoms with E-state index in [0.717, 1.165) is 25.3 Å². The number of carbonyl (C=O) groups excluding carboxylic acids is 1. The smallest absolute Gasteiger partial charge is 0.217 e. The van der Waals surface area contributed by atoms with E-state index in [1.807, 2.05) is 18.2 Å². The van der Waals surface area contributed by atoms with E-state index in [9.17, 15) is 4.79 Å². The van der Waals surface area contributed by atoms with E-state index in [0.29, 0.717) is 5.69 Å². The van der Waals surface area contributed by atoms with Crippen molar-refractivity contribution < 1.29 is 4.79 Å². The molecule has 88 valence electrons. The predicted octanol–water partition coefficient (Wildman–Crippen LogP) is 0.668. The molecule has 2 heterocycles. The van der Waals surface area contributed by atoms with Crippen molar-refractivity contribution >= 4 is 11.7 Å². The van der Waals surface area contributed by atoms with Gasteiger partial charge in [-0.3, -0.25) is 4.79 Å². The van der Waals surface area contributed by atoms with Gasteiger partial charge >= 0.3 is 0 Å². The van der Waals surface area contributed by atoms with Gasteiger partial charge in [0.05, 0.1) is 0 Å². The summed E-state index contributed by atoms with van der Waals surface area (Å²) in [5, 5.41) is 11.7. The van der Waals surface area contributed by atoms with Gasteiger partial charge in [0.15, 0.2) is 0 Å². The summed E-state index contributed by atoms with van der Waals surface area (Å²) in [5.74, 6) is 0.799. The van der Waals surface area contributed by atoms with Crippen LogP contribution in [0.25, 0.3) is 0 Å². The predicted molar refractivity (Wildman–Crippen MR) is 63.4 cm³/mol. The van der Waals surface area contributed by atoms with E-state index >= 15 is 0 Å². The third-order valence-electron chi connectivity index (χ3n) is 2.77. The Morgan fingerprint density at radius 2 is 2.47 bits per heavy atom. The topological polar surface area (TPSA) is 69.0 Å². The van der Waals surface area contributed by atoms with Gasteiger partial charge < -0.3 is 10.2 Å². The first-order chi connectivity index (χ1) is 8.19. The lowest BCUT2D eigenvalue weighted by Gasteiger charge is -2.17. The molecule has 1 amide bonds. The summed E-state index contributed by atoms with van der Waals surface area (Å²) < 4.78 is 0. The summed E-state index contributed by atoms with van der Waals surface area (Å²) >= 11 is 0. The highest BCUT2D eigenvalue weighted by Crippen LogP contribution is 2.18. The number of nitriles is 1. The Labute approximate surface area is 100 Å². The molecular formula is C12H14N4O. The van der Waals surface area contributed by atoms with Gasteiger partial charge in [-0.2, -0.15) is 5.26 Å². The first-order valence-electron chi connectivity index (χ1n) is 5.58. The number of carbonyl (C=O) groups is 1. The maximum atomic E-state index is 11.0.